The number of hydrogen-bond donors (Lipinski definition) is 1. The van der Waals surface area contributed by atoms with Crippen LogP contribution in [0.25, 0.3) is 0 Å². The van der Waals surface area contributed by atoms with Crippen molar-refractivity contribution in [2.45, 2.75) is 19.1 Å². The molecule has 0 aliphatic heterocycles. The molecule has 1 aromatic heterocycles. The Labute approximate surface area is 139 Å². The van der Waals surface area contributed by atoms with Gasteiger partial charge in [-0.25, -0.2) is 4.98 Å². The molecule has 0 unspecified atom stereocenters. The molecule has 10 heteroatoms. The second kappa shape index (κ2) is 7.95. The Morgan fingerprint density at radius 1 is 1.24 bits per heavy atom. The Morgan fingerprint density at radius 2 is 1.92 bits per heavy atom. The molecule has 0 bridgehead atoms. The van der Waals surface area contributed by atoms with Crippen LogP contribution >= 0.6 is 0 Å². The first-order valence-corrected chi connectivity index (χ1v) is 7.14. The van der Waals surface area contributed by atoms with Crippen molar-refractivity contribution in [1.82, 2.24) is 14.9 Å². The number of nitrogens with zero attached hydrogens (tertiary/aromatic N) is 2. The summed E-state index contributed by atoms with van der Waals surface area (Å²) < 4.78 is 66.6. The van der Waals surface area contributed by atoms with E-state index >= 15 is 0 Å². The molecule has 0 fully saturated rings. The van der Waals surface area contributed by atoms with Gasteiger partial charge in [0, 0.05) is 30.9 Å². The maximum atomic E-state index is 12.6. The quantitative estimate of drug-likeness (QED) is 0.769. The van der Waals surface area contributed by atoms with Crippen LogP contribution < -0.4 is 10.1 Å². The topological polar surface area (TPSA) is 56.2 Å². The van der Waals surface area contributed by atoms with E-state index in [0.29, 0.717) is 4.57 Å². The number of hydrogen-bond acceptors (Lipinski definition) is 3. The SMILES string of the molecule is O=C(NCCc1nccn1C(F)F)c1ccc(OCC(F)(F)F)cc1. The summed E-state index contributed by atoms with van der Waals surface area (Å²) in [6.45, 7) is -4.05. The second-order valence-corrected chi connectivity index (χ2v) is 4.96. The number of aromatic nitrogens is 2. The van der Waals surface area contributed by atoms with E-state index < -0.39 is 25.2 Å². The van der Waals surface area contributed by atoms with E-state index in [2.05, 4.69) is 15.0 Å². The fraction of sp³-hybridized carbons (Fsp3) is 0.333. The minimum Gasteiger partial charge on any atom is -0.484 e. The second-order valence-electron chi connectivity index (χ2n) is 4.96. The average Bonchev–Trinajstić information content (AvgIpc) is 3.01. The number of ether oxygens (including phenoxy) is 1. The largest absolute Gasteiger partial charge is 0.484 e. The van der Waals surface area contributed by atoms with Gasteiger partial charge < -0.3 is 10.1 Å². The number of nitrogens with one attached hydrogen (secondary N) is 1. The number of imidazole rings is 1. The Morgan fingerprint density at radius 3 is 2.52 bits per heavy atom. The summed E-state index contributed by atoms with van der Waals surface area (Å²) in [4.78, 5) is 15.7. The lowest BCUT2D eigenvalue weighted by Crippen LogP contribution is -2.26. The predicted octanol–water partition coefficient (Wildman–Crippen LogP) is 3.19. The summed E-state index contributed by atoms with van der Waals surface area (Å²) in [5.41, 5.74) is 0.205. The van der Waals surface area contributed by atoms with Gasteiger partial charge in [-0.05, 0) is 24.3 Å². The zero-order chi connectivity index (χ0) is 18.4. The van der Waals surface area contributed by atoms with Crippen LogP contribution in [-0.4, -0.2) is 34.8 Å². The van der Waals surface area contributed by atoms with Gasteiger partial charge in [0.05, 0.1) is 0 Å². The van der Waals surface area contributed by atoms with Crippen LogP contribution in [0, 0.1) is 0 Å². The molecule has 1 heterocycles. The molecule has 136 valence electrons. The van der Waals surface area contributed by atoms with Crippen molar-refractivity contribution < 1.29 is 31.5 Å². The minimum absolute atomic E-state index is 0.0205. The fourth-order valence-corrected chi connectivity index (χ4v) is 1.97. The van der Waals surface area contributed by atoms with Gasteiger partial charge in [-0.15, -0.1) is 0 Å². The summed E-state index contributed by atoms with van der Waals surface area (Å²) in [5.74, 6) is -0.378. The molecular weight excluding hydrogens is 349 g/mol. The van der Waals surface area contributed by atoms with Crippen LogP contribution in [0.15, 0.2) is 36.7 Å². The van der Waals surface area contributed by atoms with Crippen molar-refractivity contribution in [1.29, 1.82) is 0 Å². The smallest absolute Gasteiger partial charge is 0.422 e. The molecule has 0 saturated carbocycles. The van der Waals surface area contributed by atoms with Gasteiger partial charge in [0.2, 0.25) is 0 Å². The normalized spacial score (nSPS) is 11.6. The molecule has 0 aliphatic rings. The Kier molecular flexibility index (Phi) is 5.94. The average molecular weight is 363 g/mol. The molecule has 1 N–H and O–H groups in total. The van der Waals surface area contributed by atoms with E-state index in [9.17, 15) is 26.7 Å². The zero-order valence-corrected chi connectivity index (χ0v) is 12.8. The van der Waals surface area contributed by atoms with Gasteiger partial charge in [0.1, 0.15) is 11.6 Å². The van der Waals surface area contributed by atoms with E-state index in [1.54, 1.807) is 0 Å². The van der Waals surface area contributed by atoms with E-state index in [0.717, 1.165) is 6.20 Å². The number of carbonyl (C=O) groups is 1. The molecule has 0 spiro atoms. The lowest BCUT2D eigenvalue weighted by molar-refractivity contribution is -0.153. The molecule has 0 radical (unpaired) electrons. The summed E-state index contributed by atoms with van der Waals surface area (Å²) >= 11 is 0. The molecule has 0 saturated heterocycles. The zero-order valence-electron chi connectivity index (χ0n) is 12.8. The van der Waals surface area contributed by atoms with Crippen molar-refractivity contribution in [2.75, 3.05) is 13.2 Å². The molecule has 2 aromatic rings. The van der Waals surface area contributed by atoms with Crippen LogP contribution in [0.2, 0.25) is 0 Å². The van der Waals surface area contributed by atoms with Crippen molar-refractivity contribution in [2.24, 2.45) is 0 Å². The molecule has 0 aliphatic carbocycles. The third kappa shape index (κ3) is 5.73. The van der Waals surface area contributed by atoms with Crippen molar-refractivity contribution in [3.05, 3.63) is 48.0 Å². The van der Waals surface area contributed by atoms with Gasteiger partial charge in [0.25, 0.3) is 5.91 Å². The summed E-state index contributed by atoms with van der Waals surface area (Å²) in [5, 5.41) is 2.52. The standard InChI is InChI=1S/C15H14F5N3O2/c16-14(17)23-8-7-21-12(23)5-6-22-13(24)10-1-3-11(4-2-10)25-9-15(18,19)20/h1-4,7-8,14H,5-6,9H2,(H,22,24). The Bertz CT molecular complexity index is 698. The maximum absolute atomic E-state index is 12.6. The van der Waals surface area contributed by atoms with Gasteiger partial charge >= 0.3 is 12.7 Å². The highest BCUT2D eigenvalue weighted by Gasteiger charge is 2.28. The number of amides is 1. The Hall–Kier alpha value is -2.65. The number of carbonyl (C=O) groups excluding carboxylic acids is 1. The first kappa shape index (κ1) is 18.7. The van der Waals surface area contributed by atoms with Crippen LogP contribution in [-0.2, 0) is 6.42 Å². The number of benzene rings is 1. The van der Waals surface area contributed by atoms with Gasteiger partial charge in [-0.3, -0.25) is 9.36 Å². The van der Waals surface area contributed by atoms with E-state index in [-0.39, 0.29) is 30.1 Å². The van der Waals surface area contributed by atoms with E-state index in [1.807, 2.05) is 0 Å². The maximum Gasteiger partial charge on any atom is 0.422 e. The first-order chi connectivity index (χ1) is 11.8. The molecule has 1 amide bonds. The third-order valence-electron chi connectivity index (χ3n) is 3.11. The number of alkyl halides is 5. The summed E-state index contributed by atoms with van der Waals surface area (Å²) in [7, 11) is 0. The van der Waals surface area contributed by atoms with Gasteiger partial charge in [-0.1, -0.05) is 0 Å². The molecule has 2 rings (SSSR count). The van der Waals surface area contributed by atoms with Crippen LogP contribution in [0.4, 0.5) is 22.0 Å². The van der Waals surface area contributed by atoms with Crippen molar-refractivity contribution in [3.8, 4) is 5.75 Å². The van der Waals surface area contributed by atoms with E-state index in [1.165, 1.54) is 30.5 Å². The summed E-state index contributed by atoms with van der Waals surface area (Å²) in [6.07, 6.45) is -1.96. The lowest BCUT2D eigenvalue weighted by Gasteiger charge is -2.10. The van der Waals surface area contributed by atoms with Crippen molar-refractivity contribution >= 4 is 5.91 Å². The number of halogens is 5. The van der Waals surface area contributed by atoms with Gasteiger partial charge in [-0.2, -0.15) is 22.0 Å². The van der Waals surface area contributed by atoms with Crippen LogP contribution in [0.5, 0.6) is 5.75 Å². The highest BCUT2D eigenvalue weighted by Crippen LogP contribution is 2.19. The fourth-order valence-electron chi connectivity index (χ4n) is 1.97. The highest BCUT2D eigenvalue weighted by molar-refractivity contribution is 5.94. The monoisotopic (exact) mass is 363 g/mol. The van der Waals surface area contributed by atoms with Crippen LogP contribution in [0.3, 0.4) is 0 Å². The number of rotatable bonds is 7. The van der Waals surface area contributed by atoms with Crippen LogP contribution in [0.1, 0.15) is 22.7 Å². The Balaban J connectivity index is 1.83. The molecular formula is C15H14F5N3O2. The molecule has 5 nitrogen and oxygen atoms in total. The lowest BCUT2D eigenvalue weighted by atomic mass is 10.2. The predicted molar refractivity (Wildman–Crippen MR) is 77.5 cm³/mol. The van der Waals surface area contributed by atoms with E-state index in [4.69, 9.17) is 0 Å². The third-order valence-corrected chi connectivity index (χ3v) is 3.11. The molecule has 1 aromatic carbocycles. The highest BCUT2D eigenvalue weighted by atomic mass is 19.4. The first-order valence-electron chi connectivity index (χ1n) is 7.14. The minimum atomic E-state index is -4.44. The van der Waals surface area contributed by atoms with Crippen molar-refractivity contribution in [3.63, 3.8) is 0 Å². The molecule has 25 heavy (non-hydrogen) atoms. The molecule has 0 atom stereocenters. The van der Waals surface area contributed by atoms with Gasteiger partial charge in [0.15, 0.2) is 6.61 Å². The summed E-state index contributed by atoms with van der Waals surface area (Å²) in [6, 6.07) is 5.09.